The van der Waals surface area contributed by atoms with E-state index in [1.807, 2.05) is 13.8 Å². The Balaban J connectivity index is 2.41. The summed E-state index contributed by atoms with van der Waals surface area (Å²) >= 11 is 3.16. The summed E-state index contributed by atoms with van der Waals surface area (Å²) in [5.74, 6) is 0.928. The Morgan fingerprint density at radius 1 is 1.40 bits per heavy atom. The van der Waals surface area contributed by atoms with Crippen LogP contribution >= 0.6 is 15.9 Å². The van der Waals surface area contributed by atoms with Crippen LogP contribution in [0.5, 0.6) is 0 Å². The van der Waals surface area contributed by atoms with Gasteiger partial charge in [-0.05, 0) is 47.5 Å². The first-order chi connectivity index (χ1) is 7.09. The highest BCUT2D eigenvalue weighted by Crippen LogP contribution is 2.23. The summed E-state index contributed by atoms with van der Waals surface area (Å²) in [5, 5.41) is 0. The van der Waals surface area contributed by atoms with Gasteiger partial charge in [-0.3, -0.25) is 4.79 Å². The molecule has 2 aromatic heterocycles. The van der Waals surface area contributed by atoms with Gasteiger partial charge in [-0.1, -0.05) is 0 Å². The second kappa shape index (κ2) is 3.70. The van der Waals surface area contributed by atoms with Crippen LogP contribution in [0.15, 0.2) is 31.9 Å². The molecule has 0 saturated heterocycles. The summed E-state index contributed by atoms with van der Waals surface area (Å²) < 4.78 is 10.8. The summed E-state index contributed by atoms with van der Waals surface area (Å²) in [5.41, 5.74) is 1.45. The molecular formula is C11H9BrO3. The van der Waals surface area contributed by atoms with Gasteiger partial charge in [0.05, 0.1) is 11.8 Å². The van der Waals surface area contributed by atoms with Gasteiger partial charge in [0.2, 0.25) is 5.78 Å². The van der Waals surface area contributed by atoms with E-state index in [4.69, 9.17) is 8.83 Å². The lowest BCUT2D eigenvalue weighted by Gasteiger charge is -1.92. The molecule has 0 radical (unpaired) electrons. The van der Waals surface area contributed by atoms with Gasteiger partial charge in [-0.2, -0.15) is 0 Å². The number of aryl methyl sites for hydroxylation is 2. The molecular weight excluding hydrogens is 260 g/mol. The smallest absolute Gasteiger partial charge is 0.232 e. The zero-order chi connectivity index (χ0) is 11.0. The molecule has 0 fully saturated rings. The maximum absolute atomic E-state index is 11.9. The maximum atomic E-state index is 11.9. The molecule has 4 heteroatoms. The molecule has 0 bridgehead atoms. The molecule has 2 rings (SSSR count). The normalized spacial score (nSPS) is 10.6. The molecule has 0 aromatic carbocycles. The van der Waals surface area contributed by atoms with Crippen LogP contribution in [0.4, 0.5) is 0 Å². The molecule has 2 aromatic rings. The Bertz CT molecular complexity index is 488. The first-order valence-electron chi connectivity index (χ1n) is 4.44. The molecule has 78 valence electrons. The first-order valence-corrected chi connectivity index (χ1v) is 5.23. The average molecular weight is 269 g/mol. The van der Waals surface area contributed by atoms with E-state index in [0.29, 0.717) is 16.0 Å². The first kappa shape index (κ1) is 10.2. The third-order valence-electron chi connectivity index (χ3n) is 2.25. The number of furan rings is 2. The van der Waals surface area contributed by atoms with Crippen molar-refractivity contribution < 1.29 is 13.6 Å². The van der Waals surface area contributed by atoms with Crippen LogP contribution in [0.25, 0.3) is 0 Å². The molecule has 0 aliphatic rings. The van der Waals surface area contributed by atoms with E-state index in [1.54, 1.807) is 12.1 Å². The molecule has 0 amide bonds. The van der Waals surface area contributed by atoms with Crippen molar-refractivity contribution >= 4 is 21.7 Å². The van der Waals surface area contributed by atoms with Gasteiger partial charge in [0.15, 0.2) is 10.4 Å². The molecule has 3 nitrogen and oxygen atoms in total. The van der Waals surface area contributed by atoms with Gasteiger partial charge >= 0.3 is 0 Å². The van der Waals surface area contributed by atoms with Gasteiger partial charge in [-0.15, -0.1) is 0 Å². The zero-order valence-corrected chi connectivity index (χ0v) is 9.92. The third-order valence-corrected chi connectivity index (χ3v) is 2.87. The highest BCUT2D eigenvalue weighted by Gasteiger charge is 2.18. The highest BCUT2D eigenvalue weighted by atomic mass is 79.9. The molecule has 0 aliphatic heterocycles. The SMILES string of the molecule is Cc1cc(C(=O)c2ccoc2Br)oc1C. The fourth-order valence-corrected chi connectivity index (χ4v) is 1.69. The minimum atomic E-state index is -0.174. The van der Waals surface area contributed by atoms with Crippen molar-refractivity contribution in [2.45, 2.75) is 13.8 Å². The van der Waals surface area contributed by atoms with Gasteiger partial charge in [0, 0.05) is 0 Å². The van der Waals surface area contributed by atoms with Crippen LogP contribution in [-0.4, -0.2) is 5.78 Å². The van der Waals surface area contributed by atoms with Crippen molar-refractivity contribution in [2.75, 3.05) is 0 Å². The van der Waals surface area contributed by atoms with Gasteiger partial charge in [0.25, 0.3) is 0 Å². The van der Waals surface area contributed by atoms with Crippen molar-refractivity contribution in [3.8, 4) is 0 Å². The summed E-state index contributed by atoms with van der Waals surface area (Å²) in [6, 6.07) is 3.34. The Kier molecular flexibility index (Phi) is 2.52. The lowest BCUT2D eigenvalue weighted by molar-refractivity contribution is 0.101. The third kappa shape index (κ3) is 1.77. The molecule has 15 heavy (non-hydrogen) atoms. The minimum absolute atomic E-state index is 0.174. The van der Waals surface area contributed by atoms with E-state index in [9.17, 15) is 4.79 Å². The van der Waals surface area contributed by atoms with E-state index in [0.717, 1.165) is 11.3 Å². The van der Waals surface area contributed by atoms with Crippen molar-refractivity contribution in [2.24, 2.45) is 0 Å². The number of rotatable bonds is 2. The summed E-state index contributed by atoms with van der Waals surface area (Å²) in [4.78, 5) is 11.9. The van der Waals surface area contributed by atoms with Crippen LogP contribution in [-0.2, 0) is 0 Å². The Hall–Kier alpha value is -1.29. The number of ketones is 1. The number of carbonyl (C=O) groups is 1. The summed E-state index contributed by atoms with van der Waals surface area (Å²) in [7, 11) is 0. The Labute approximate surface area is 95.2 Å². The number of hydrogen-bond donors (Lipinski definition) is 0. The van der Waals surface area contributed by atoms with Crippen LogP contribution in [0.1, 0.15) is 27.4 Å². The van der Waals surface area contributed by atoms with Crippen molar-refractivity contribution in [1.82, 2.24) is 0 Å². The predicted octanol–water partition coefficient (Wildman–Crippen LogP) is 3.48. The maximum Gasteiger partial charge on any atom is 0.232 e. The second-order valence-corrected chi connectivity index (χ2v) is 4.01. The van der Waals surface area contributed by atoms with E-state index >= 15 is 0 Å². The van der Waals surface area contributed by atoms with Crippen molar-refractivity contribution in [3.63, 3.8) is 0 Å². The standard InChI is InChI=1S/C11H9BrO3/c1-6-5-9(15-7(6)2)10(13)8-3-4-14-11(8)12/h3-5H,1-2H3. The zero-order valence-electron chi connectivity index (χ0n) is 8.33. The van der Waals surface area contributed by atoms with Gasteiger partial charge < -0.3 is 8.83 Å². The lowest BCUT2D eigenvalue weighted by atomic mass is 10.1. The van der Waals surface area contributed by atoms with Crippen molar-refractivity contribution in [3.05, 3.63) is 45.7 Å². The minimum Gasteiger partial charge on any atom is -0.458 e. The Morgan fingerprint density at radius 3 is 2.60 bits per heavy atom. The summed E-state index contributed by atoms with van der Waals surface area (Å²) in [6.45, 7) is 3.73. The molecule has 0 aliphatic carbocycles. The quantitative estimate of drug-likeness (QED) is 0.784. The molecule has 0 unspecified atom stereocenters. The van der Waals surface area contributed by atoms with Crippen LogP contribution in [0.3, 0.4) is 0 Å². The number of hydrogen-bond acceptors (Lipinski definition) is 3. The van der Waals surface area contributed by atoms with Crippen LogP contribution in [0, 0.1) is 13.8 Å². The predicted molar refractivity (Wildman–Crippen MR) is 58.0 cm³/mol. The molecule has 2 heterocycles. The topological polar surface area (TPSA) is 43.4 Å². The molecule has 0 atom stereocenters. The van der Waals surface area contributed by atoms with E-state index in [-0.39, 0.29) is 5.78 Å². The average Bonchev–Trinajstić information content (AvgIpc) is 2.74. The molecule has 0 spiro atoms. The monoisotopic (exact) mass is 268 g/mol. The molecule has 0 saturated carbocycles. The molecule has 0 N–H and O–H groups in total. The van der Waals surface area contributed by atoms with Crippen LogP contribution in [0.2, 0.25) is 0 Å². The largest absolute Gasteiger partial charge is 0.458 e. The number of halogens is 1. The highest BCUT2D eigenvalue weighted by molar-refractivity contribution is 9.10. The van der Waals surface area contributed by atoms with E-state index < -0.39 is 0 Å². The van der Waals surface area contributed by atoms with Gasteiger partial charge in [0.1, 0.15) is 5.76 Å². The van der Waals surface area contributed by atoms with E-state index in [2.05, 4.69) is 15.9 Å². The summed E-state index contributed by atoms with van der Waals surface area (Å²) in [6.07, 6.45) is 1.46. The Morgan fingerprint density at radius 2 is 2.13 bits per heavy atom. The number of carbonyl (C=O) groups excluding carboxylic acids is 1. The van der Waals surface area contributed by atoms with Crippen LogP contribution < -0.4 is 0 Å². The second-order valence-electron chi connectivity index (χ2n) is 3.29. The van der Waals surface area contributed by atoms with E-state index in [1.165, 1.54) is 6.26 Å². The van der Waals surface area contributed by atoms with Gasteiger partial charge in [-0.25, -0.2) is 0 Å². The lowest BCUT2D eigenvalue weighted by Crippen LogP contribution is -1.98. The fraction of sp³-hybridized carbons (Fsp3) is 0.182. The fourth-order valence-electron chi connectivity index (χ4n) is 1.27. The van der Waals surface area contributed by atoms with Crippen molar-refractivity contribution in [1.29, 1.82) is 0 Å².